The molecule has 0 spiro atoms. The molecule has 1 aromatic carbocycles. The van der Waals surface area contributed by atoms with E-state index < -0.39 is 0 Å². The van der Waals surface area contributed by atoms with Crippen molar-refractivity contribution in [1.82, 2.24) is 5.32 Å². The molecule has 15 heavy (non-hydrogen) atoms. The number of hydrogen-bond acceptors (Lipinski definition) is 3. The maximum atomic E-state index is 4.43. The molecule has 2 nitrogen and oxygen atoms in total. The average molecular weight is 220 g/mol. The van der Waals surface area contributed by atoms with Crippen molar-refractivity contribution >= 4 is 16.9 Å². The van der Waals surface area contributed by atoms with Gasteiger partial charge in [0.05, 0.1) is 6.54 Å². The van der Waals surface area contributed by atoms with Crippen LogP contribution in [0.2, 0.25) is 0 Å². The van der Waals surface area contributed by atoms with E-state index in [2.05, 4.69) is 48.4 Å². The summed E-state index contributed by atoms with van der Waals surface area (Å²) in [4.78, 5) is 4.43. The van der Waals surface area contributed by atoms with Crippen molar-refractivity contribution in [2.24, 2.45) is 4.99 Å². The predicted octanol–water partition coefficient (Wildman–Crippen LogP) is 2.58. The predicted molar refractivity (Wildman–Crippen MR) is 67.4 cm³/mol. The number of thioether (sulfide) groups is 1. The zero-order valence-corrected chi connectivity index (χ0v) is 9.97. The second-order valence-electron chi connectivity index (χ2n) is 3.85. The second kappa shape index (κ2) is 4.71. The van der Waals surface area contributed by atoms with Crippen LogP contribution in [-0.2, 0) is 6.54 Å². The Bertz CT molecular complexity index is 374. The Balaban J connectivity index is 1.91. The fourth-order valence-electron chi connectivity index (χ4n) is 1.55. The number of rotatable bonds is 2. The molecule has 0 aromatic heterocycles. The van der Waals surface area contributed by atoms with Crippen molar-refractivity contribution < 1.29 is 0 Å². The van der Waals surface area contributed by atoms with Gasteiger partial charge in [-0.1, -0.05) is 43.0 Å². The van der Waals surface area contributed by atoms with Gasteiger partial charge in [-0.3, -0.25) is 4.99 Å². The molecule has 1 aliphatic rings. The minimum Gasteiger partial charge on any atom is -0.361 e. The number of nitrogens with one attached hydrogen (secondary N) is 1. The lowest BCUT2D eigenvalue weighted by Gasteiger charge is -2.08. The van der Waals surface area contributed by atoms with Crippen LogP contribution in [0.25, 0.3) is 0 Å². The molecule has 1 aliphatic heterocycles. The monoisotopic (exact) mass is 220 g/mol. The summed E-state index contributed by atoms with van der Waals surface area (Å²) in [6, 6.07) is 8.45. The first-order valence-corrected chi connectivity index (χ1v) is 6.13. The standard InChI is InChI=1S/C12H16N2S/c1-9-5-3-4-6-11(9)8-14-12-13-7-10(2)15-12/h3-6,10H,7-8H2,1-2H3,(H,13,14). The van der Waals surface area contributed by atoms with Gasteiger partial charge < -0.3 is 5.32 Å². The molecule has 1 aromatic rings. The topological polar surface area (TPSA) is 24.4 Å². The van der Waals surface area contributed by atoms with Gasteiger partial charge in [-0.25, -0.2) is 0 Å². The molecule has 0 saturated carbocycles. The summed E-state index contributed by atoms with van der Waals surface area (Å²) < 4.78 is 0. The Morgan fingerprint density at radius 1 is 1.47 bits per heavy atom. The quantitative estimate of drug-likeness (QED) is 0.828. The molecule has 1 atom stereocenters. The third kappa shape index (κ3) is 2.75. The summed E-state index contributed by atoms with van der Waals surface area (Å²) in [6.07, 6.45) is 0. The zero-order valence-electron chi connectivity index (χ0n) is 9.16. The lowest BCUT2D eigenvalue weighted by Crippen LogP contribution is -2.19. The lowest BCUT2D eigenvalue weighted by molar-refractivity contribution is 0.906. The highest BCUT2D eigenvalue weighted by atomic mass is 32.2. The van der Waals surface area contributed by atoms with Crippen LogP contribution in [0.4, 0.5) is 0 Å². The van der Waals surface area contributed by atoms with Gasteiger partial charge in [0.2, 0.25) is 0 Å². The molecule has 80 valence electrons. The first-order valence-electron chi connectivity index (χ1n) is 5.25. The molecule has 0 fully saturated rings. The normalized spacial score (nSPS) is 20.1. The molecule has 1 heterocycles. The van der Waals surface area contributed by atoms with Crippen molar-refractivity contribution in [3.63, 3.8) is 0 Å². The molecular weight excluding hydrogens is 204 g/mol. The van der Waals surface area contributed by atoms with Crippen LogP contribution < -0.4 is 5.32 Å². The van der Waals surface area contributed by atoms with Crippen molar-refractivity contribution in [2.45, 2.75) is 25.6 Å². The van der Waals surface area contributed by atoms with Crippen LogP contribution in [0.5, 0.6) is 0 Å². The van der Waals surface area contributed by atoms with Gasteiger partial charge in [0.1, 0.15) is 0 Å². The van der Waals surface area contributed by atoms with E-state index in [0.29, 0.717) is 5.25 Å². The molecular formula is C12H16N2S. The van der Waals surface area contributed by atoms with Gasteiger partial charge in [0.25, 0.3) is 0 Å². The van der Waals surface area contributed by atoms with E-state index in [4.69, 9.17) is 0 Å². The molecule has 0 saturated heterocycles. The van der Waals surface area contributed by atoms with E-state index in [9.17, 15) is 0 Å². The Labute approximate surface area is 95.2 Å². The zero-order chi connectivity index (χ0) is 10.7. The number of nitrogens with zero attached hydrogens (tertiary/aromatic N) is 1. The number of hydrogen-bond donors (Lipinski definition) is 1. The summed E-state index contributed by atoms with van der Waals surface area (Å²) in [6.45, 7) is 6.17. The van der Waals surface area contributed by atoms with Gasteiger partial charge in [-0.15, -0.1) is 0 Å². The minimum atomic E-state index is 0.629. The largest absolute Gasteiger partial charge is 0.361 e. The molecule has 1 unspecified atom stereocenters. The third-order valence-corrected chi connectivity index (χ3v) is 3.54. The van der Waals surface area contributed by atoms with E-state index in [-0.39, 0.29) is 0 Å². The summed E-state index contributed by atoms with van der Waals surface area (Å²) in [5.41, 5.74) is 2.68. The average Bonchev–Trinajstić information content (AvgIpc) is 2.63. The van der Waals surface area contributed by atoms with Crippen LogP contribution in [0.3, 0.4) is 0 Å². The smallest absolute Gasteiger partial charge is 0.157 e. The molecule has 1 N–H and O–H groups in total. The van der Waals surface area contributed by atoms with Crippen LogP contribution in [0.1, 0.15) is 18.1 Å². The maximum Gasteiger partial charge on any atom is 0.157 e. The number of amidine groups is 1. The fourth-order valence-corrected chi connectivity index (χ4v) is 2.39. The van der Waals surface area contributed by atoms with E-state index in [1.807, 2.05) is 11.8 Å². The van der Waals surface area contributed by atoms with Crippen LogP contribution in [0, 0.1) is 6.92 Å². The van der Waals surface area contributed by atoms with Gasteiger partial charge >= 0.3 is 0 Å². The first kappa shape index (κ1) is 10.6. The number of aryl methyl sites for hydroxylation is 1. The van der Waals surface area contributed by atoms with Crippen LogP contribution >= 0.6 is 11.8 Å². The number of benzene rings is 1. The van der Waals surface area contributed by atoms with E-state index in [1.165, 1.54) is 11.1 Å². The summed E-state index contributed by atoms with van der Waals surface area (Å²) in [5, 5.41) is 5.10. The maximum absolute atomic E-state index is 4.43. The lowest BCUT2D eigenvalue weighted by atomic mass is 10.1. The van der Waals surface area contributed by atoms with Crippen molar-refractivity contribution in [2.75, 3.05) is 6.54 Å². The van der Waals surface area contributed by atoms with Gasteiger partial charge in [0, 0.05) is 11.8 Å². The summed E-state index contributed by atoms with van der Waals surface area (Å²) in [5.74, 6) is 0. The summed E-state index contributed by atoms with van der Waals surface area (Å²) >= 11 is 1.83. The van der Waals surface area contributed by atoms with Crippen LogP contribution in [0.15, 0.2) is 29.3 Å². The highest BCUT2D eigenvalue weighted by molar-refractivity contribution is 8.14. The van der Waals surface area contributed by atoms with Gasteiger partial charge in [0.15, 0.2) is 5.17 Å². The molecule has 0 radical (unpaired) electrons. The van der Waals surface area contributed by atoms with Crippen molar-refractivity contribution in [1.29, 1.82) is 0 Å². The Morgan fingerprint density at radius 2 is 2.27 bits per heavy atom. The van der Waals surface area contributed by atoms with Crippen molar-refractivity contribution in [3.8, 4) is 0 Å². The van der Waals surface area contributed by atoms with Gasteiger partial charge in [-0.05, 0) is 18.1 Å². The number of aliphatic imine (C=N–C) groups is 1. The Morgan fingerprint density at radius 3 is 2.93 bits per heavy atom. The molecule has 0 aliphatic carbocycles. The molecule has 2 rings (SSSR count). The highest BCUT2D eigenvalue weighted by Crippen LogP contribution is 2.19. The van der Waals surface area contributed by atoms with E-state index >= 15 is 0 Å². The SMILES string of the molecule is Cc1ccccc1CNC1=NCC(C)S1. The van der Waals surface area contributed by atoms with Gasteiger partial charge in [-0.2, -0.15) is 0 Å². The van der Waals surface area contributed by atoms with Crippen molar-refractivity contribution in [3.05, 3.63) is 35.4 Å². The minimum absolute atomic E-state index is 0.629. The molecule has 3 heteroatoms. The van der Waals surface area contributed by atoms with E-state index in [0.717, 1.165) is 18.3 Å². The fraction of sp³-hybridized carbons (Fsp3) is 0.417. The Hall–Kier alpha value is -0.960. The first-order chi connectivity index (χ1) is 7.25. The third-order valence-electron chi connectivity index (χ3n) is 2.50. The second-order valence-corrected chi connectivity index (χ2v) is 5.28. The highest BCUT2D eigenvalue weighted by Gasteiger charge is 2.14. The Kier molecular flexibility index (Phi) is 3.31. The van der Waals surface area contributed by atoms with E-state index in [1.54, 1.807) is 0 Å². The van der Waals surface area contributed by atoms with Crippen LogP contribution in [-0.4, -0.2) is 17.0 Å². The summed E-state index contributed by atoms with van der Waals surface area (Å²) in [7, 11) is 0. The molecule has 0 amide bonds. The molecule has 0 bridgehead atoms.